The molecule has 32 heavy (non-hydrogen) atoms. The van der Waals surface area contributed by atoms with Gasteiger partial charge in [-0.3, -0.25) is 18.7 Å². The molecule has 4 aromatic rings. The summed E-state index contributed by atoms with van der Waals surface area (Å²) in [5.74, 6) is 0.781. The number of carbonyl (C=O) groups is 2. The van der Waals surface area contributed by atoms with E-state index in [-0.39, 0.29) is 17.7 Å². The van der Waals surface area contributed by atoms with Crippen LogP contribution in [-0.4, -0.2) is 42.4 Å². The van der Waals surface area contributed by atoms with E-state index < -0.39 is 0 Å². The normalized spacial score (nSPS) is 13.6. The quantitative estimate of drug-likeness (QED) is 0.516. The molecule has 0 atom stereocenters. The van der Waals surface area contributed by atoms with Crippen LogP contribution in [0.15, 0.2) is 42.0 Å². The number of amides is 2. The molecule has 5 heterocycles. The van der Waals surface area contributed by atoms with Crippen molar-refractivity contribution in [3.05, 3.63) is 69.4 Å². The topological polar surface area (TPSA) is 84.5 Å². The van der Waals surface area contributed by atoms with E-state index in [9.17, 15) is 9.59 Å². The van der Waals surface area contributed by atoms with Gasteiger partial charge in [0.25, 0.3) is 11.8 Å². The van der Waals surface area contributed by atoms with Gasteiger partial charge >= 0.3 is 0 Å². The summed E-state index contributed by atoms with van der Waals surface area (Å²) in [6, 6.07) is 7.58. The minimum atomic E-state index is -0.137. The third-order valence-electron chi connectivity index (χ3n) is 5.85. The molecule has 0 spiro atoms. The zero-order chi connectivity index (χ0) is 22.4. The smallest absolute Gasteiger partial charge is 0.272 e. The van der Waals surface area contributed by atoms with Crippen molar-refractivity contribution in [1.82, 2.24) is 24.1 Å². The first-order valence-corrected chi connectivity index (χ1v) is 11.5. The molecule has 0 radical (unpaired) electrons. The Hall–Kier alpha value is -3.46. The molecule has 0 unspecified atom stereocenters. The highest BCUT2D eigenvalue weighted by Crippen LogP contribution is 2.30. The molecule has 0 bridgehead atoms. The predicted molar refractivity (Wildman–Crippen MR) is 123 cm³/mol. The van der Waals surface area contributed by atoms with E-state index in [1.807, 2.05) is 52.2 Å². The van der Waals surface area contributed by atoms with Crippen LogP contribution in [0, 0.1) is 0 Å². The molecule has 0 saturated carbocycles. The van der Waals surface area contributed by atoms with E-state index in [0.717, 1.165) is 21.8 Å². The summed E-state index contributed by atoms with van der Waals surface area (Å²) in [5, 5.41) is 9.34. The lowest BCUT2D eigenvalue weighted by molar-refractivity contribution is 0.0730. The van der Waals surface area contributed by atoms with Crippen LogP contribution >= 0.6 is 11.3 Å². The Morgan fingerprint density at radius 1 is 1.25 bits per heavy atom. The van der Waals surface area contributed by atoms with Crippen molar-refractivity contribution in [3.8, 4) is 0 Å². The van der Waals surface area contributed by atoms with Gasteiger partial charge < -0.3 is 10.2 Å². The fourth-order valence-corrected chi connectivity index (χ4v) is 5.11. The van der Waals surface area contributed by atoms with Gasteiger partial charge in [0.1, 0.15) is 17.2 Å². The highest BCUT2D eigenvalue weighted by Gasteiger charge is 2.28. The van der Waals surface area contributed by atoms with Gasteiger partial charge in [-0.2, -0.15) is 5.10 Å². The molecule has 5 rings (SSSR count). The summed E-state index contributed by atoms with van der Waals surface area (Å²) in [6.07, 6.45) is 4.12. The lowest BCUT2D eigenvalue weighted by Gasteiger charge is -2.27. The van der Waals surface area contributed by atoms with E-state index in [0.29, 0.717) is 36.6 Å². The average Bonchev–Trinajstić information content (AvgIpc) is 3.49. The molecule has 0 aliphatic carbocycles. The van der Waals surface area contributed by atoms with Gasteiger partial charge in [0.2, 0.25) is 0 Å². The lowest BCUT2D eigenvalue weighted by atomic mass is 10.0. The van der Waals surface area contributed by atoms with Crippen LogP contribution in [-0.2, 0) is 20.0 Å². The maximum absolute atomic E-state index is 13.1. The fourth-order valence-electron chi connectivity index (χ4n) is 4.02. The van der Waals surface area contributed by atoms with Gasteiger partial charge in [-0.1, -0.05) is 19.9 Å². The standard InChI is InChI=1S/C23H24N6O2S/c1-14(2)17-10-21(27(3)26-17)25-22(30)16-13-32-19-12-28(9-7-15(16)19)23(31)18-11-24-20-6-4-5-8-29(18)20/h4-6,8,10-11,13-14H,7,9,12H2,1-3H3,(H,25,30). The first-order chi connectivity index (χ1) is 15.4. The molecule has 8 nitrogen and oxygen atoms in total. The lowest BCUT2D eigenvalue weighted by Crippen LogP contribution is -2.36. The van der Waals surface area contributed by atoms with E-state index in [2.05, 4.69) is 29.2 Å². The van der Waals surface area contributed by atoms with Crippen molar-refractivity contribution in [3.63, 3.8) is 0 Å². The third-order valence-corrected chi connectivity index (χ3v) is 6.86. The zero-order valence-electron chi connectivity index (χ0n) is 18.2. The first kappa shape index (κ1) is 20.4. The van der Waals surface area contributed by atoms with Crippen molar-refractivity contribution in [2.24, 2.45) is 7.05 Å². The number of nitrogens with zero attached hydrogens (tertiary/aromatic N) is 5. The van der Waals surface area contributed by atoms with Crippen LogP contribution in [0.4, 0.5) is 5.82 Å². The summed E-state index contributed by atoms with van der Waals surface area (Å²) in [6.45, 7) is 5.20. The zero-order valence-corrected chi connectivity index (χ0v) is 19.0. The van der Waals surface area contributed by atoms with Crippen molar-refractivity contribution >= 4 is 34.6 Å². The van der Waals surface area contributed by atoms with Crippen LogP contribution in [0.1, 0.15) is 56.7 Å². The number of fused-ring (bicyclic) bond motifs is 2. The average molecular weight is 449 g/mol. The maximum Gasteiger partial charge on any atom is 0.272 e. The number of rotatable bonds is 4. The number of aromatic nitrogens is 4. The van der Waals surface area contributed by atoms with Crippen LogP contribution in [0.2, 0.25) is 0 Å². The highest BCUT2D eigenvalue weighted by atomic mass is 32.1. The largest absolute Gasteiger partial charge is 0.332 e. The van der Waals surface area contributed by atoms with E-state index in [1.165, 1.54) is 11.3 Å². The van der Waals surface area contributed by atoms with Gasteiger partial charge in [-0.25, -0.2) is 4.98 Å². The van der Waals surface area contributed by atoms with Crippen LogP contribution in [0.3, 0.4) is 0 Å². The molecule has 0 aromatic carbocycles. The summed E-state index contributed by atoms with van der Waals surface area (Å²) < 4.78 is 3.51. The Kier molecular flexibility index (Phi) is 5.05. The second kappa shape index (κ2) is 7.90. The fraction of sp³-hybridized carbons (Fsp3) is 0.304. The number of hydrogen-bond donors (Lipinski definition) is 1. The van der Waals surface area contributed by atoms with Crippen LogP contribution in [0.25, 0.3) is 5.65 Å². The predicted octanol–water partition coefficient (Wildman–Crippen LogP) is 3.70. The molecular formula is C23H24N6O2S. The summed E-state index contributed by atoms with van der Waals surface area (Å²) >= 11 is 1.53. The number of aryl methyl sites for hydroxylation is 1. The number of imidazole rings is 1. The van der Waals surface area contributed by atoms with E-state index >= 15 is 0 Å². The second-order valence-corrected chi connectivity index (χ2v) is 9.25. The van der Waals surface area contributed by atoms with E-state index in [1.54, 1.807) is 10.9 Å². The number of thiophene rings is 1. The Morgan fingerprint density at radius 3 is 2.88 bits per heavy atom. The molecule has 1 aliphatic heterocycles. The number of pyridine rings is 1. The Labute approximate surface area is 189 Å². The summed E-state index contributed by atoms with van der Waals surface area (Å²) in [4.78, 5) is 33.3. The third kappa shape index (κ3) is 3.48. The Morgan fingerprint density at radius 2 is 2.09 bits per heavy atom. The summed E-state index contributed by atoms with van der Waals surface area (Å²) in [5.41, 5.74) is 3.95. The van der Waals surface area contributed by atoms with Gasteiger partial charge in [0.05, 0.1) is 24.0 Å². The monoisotopic (exact) mass is 448 g/mol. The van der Waals surface area contributed by atoms with Gasteiger partial charge in [0, 0.05) is 36.1 Å². The first-order valence-electron chi connectivity index (χ1n) is 10.6. The van der Waals surface area contributed by atoms with Crippen LogP contribution < -0.4 is 5.32 Å². The Balaban J connectivity index is 1.34. The molecule has 0 fully saturated rings. The van der Waals surface area contributed by atoms with Crippen LogP contribution in [0.5, 0.6) is 0 Å². The minimum Gasteiger partial charge on any atom is -0.332 e. The van der Waals surface area contributed by atoms with Gasteiger partial charge in [-0.05, 0) is 30.0 Å². The molecule has 4 aromatic heterocycles. The van der Waals surface area contributed by atoms with Gasteiger partial charge in [0.15, 0.2) is 0 Å². The second-order valence-electron chi connectivity index (χ2n) is 8.29. The number of anilines is 1. The van der Waals surface area contributed by atoms with Crippen molar-refractivity contribution in [2.45, 2.75) is 32.7 Å². The molecule has 1 N–H and O–H groups in total. The number of hydrogen-bond acceptors (Lipinski definition) is 5. The highest BCUT2D eigenvalue weighted by molar-refractivity contribution is 7.10. The van der Waals surface area contributed by atoms with Gasteiger partial charge in [-0.15, -0.1) is 11.3 Å². The molecule has 9 heteroatoms. The molecule has 164 valence electrons. The molecule has 0 saturated heterocycles. The van der Waals surface area contributed by atoms with Crippen molar-refractivity contribution in [1.29, 1.82) is 0 Å². The molecule has 2 amide bonds. The van der Waals surface area contributed by atoms with Crippen molar-refractivity contribution in [2.75, 3.05) is 11.9 Å². The molecular weight excluding hydrogens is 424 g/mol. The number of nitrogens with one attached hydrogen (secondary N) is 1. The summed E-state index contributed by atoms with van der Waals surface area (Å²) in [7, 11) is 1.83. The number of carbonyl (C=O) groups excluding carboxylic acids is 2. The Bertz CT molecular complexity index is 1330. The maximum atomic E-state index is 13.1. The minimum absolute atomic E-state index is 0.0511. The van der Waals surface area contributed by atoms with E-state index in [4.69, 9.17) is 0 Å². The SMILES string of the molecule is CC(C)c1cc(NC(=O)c2csc3c2CCN(C(=O)c2cnc4ccccn24)C3)n(C)n1. The molecule has 1 aliphatic rings. The van der Waals surface area contributed by atoms with Crippen molar-refractivity contribution < 1.29 is 9.59 Å².